The molecule has 464 valence electrons. The molecule has 1 amide bonds. The first-order chi connectivity index (χ1) is 39.0. The average molecular weight is 1110 g/mol. The third-order valence-electron chi connectivity index (χ3n) is 16.3. The average Bonchev–Trinajstić information content (AvgIpc) is 3.45. The van der Waals surface area contributed by atoms with Gasteiger partial charge >= 0.3 is 5.97 Å². The maximum Gasteiger partial charge on any atom is 0.305 e. The van der Waals surface area contributed by atoms with E-state index in [1.54, 1.807) is 6.08 Å². The standard InChI is InChI=1S/C73H137NO5/c1-3-5-7-9-11-13-15-43-47-51-55-59-63-67-73(78)79-68-64-60-56-52-48-45-42-40-38-36-34-32-30-28-26-24-22-20-18-16-17-19-21-23-25-27-29-31-33-35-37-39-41-44-46-50-54-58-62-66-72(77)74-70(69-75)71(76)65-61-57-53-49-14-12-10-8-6-4-2/h13,15-17,20,22,61,65,70-71,75-76H,3-12,14,18-19,21,23-60,62-64,66-69H2,1-2H3,(H,74,77)/b15-13-,17-16-,22-20-,65-61+. The van der Waals surface area contributed by atoms with Crippen molar-refractivity contribution in [1.82, 2.24) is 5.32 Å². The van der Waals surface area contributed by atoms with E-state index in [2.05, 4.69) is 55.6 Å². The SMILES string of the molecule is CCCCCC/C=C\CCCCCCCC(=O)OCCCCCCCCCCCCCCCCC/C=C\C/C=C\CCCCCCCCCCCCCCCCCCCC(=O)NC(CO)C(O)/C=C/CCCCCCCCCC. The maximum absolute atomic E-state index is 12.4. The highest BCUT2D eigenvalue weighted by Gasteiger charge is 2.18. The number of nitrogens with one attached hydrogen (secondary N) is 1. The number of amides is 1. The van der Waals surface area contributed by atoms with Gasteiger partial charge in [-0.15, -0.1) is 0 Å². The first-order valence-electron chi connectivity index (χ1n) is 35.4. The zero-order valence-corrected chi connectivity index (χ0v) is 53.1. The molecule has 0 spiro atoms. The lowest BCUT2D eigenvalue weighted by atomic mass is 10.0. The van der Waals surface area contributed by atoms with Gasteiger partial charge < -0.3 is 20.3 Å². The van der Waals surface area contributed by atoms with Crippen molar-refractivity contribution >= 4 is 11.9 Å². The van der Waals surface area contributed by atoms with E-state index in [1.807, 2.05) is 6.08 Å². The summed E-state index contributed by atoms with van der Waals surface area (Å²) in [7, 11) is 0. The minimum Gasteiger partial charge on any atom is -0.466 e. The molecule has 0 saturated carbocycles. The molecule has 0 aliphatic rings. The largest absolute Gasteiger partial charge is 0.466 e. The Labute approximate surface area is 493 Å². The Morgan fingerprint density at radius 3 is 0.987 bits per heavy atom. The highest BCUT2D eigenvalue weighted by Crippen LogP contribution is 2.18. The Bertz CT molecular complexity index is 1320. The molecule has 3 N–H and O–H groups in total. The van der Waals surface area contributed by atoms with E-state index in [1.165, 1.54) is 302 Å². The van der Waals surface area contributed by atoms with Crippen LogP contribution in [0.5, 0.6) is 0 Å². The lowest BCUT2D eigenvalue weighted by Crippen LogP contribution is -2.45. The summed E-state index contributed by atoms with van der Waals surface area (Å²) >= 11 is 0. The number of rotatable bonds is 66. The monoisotopic (exact) mass is 1110 g/mol. The van der Waals surface area contributed by atoms with Crippen LogP contribution in [0.3, 0.4) is 0 Å². The second-order valence-electron chi connectivity index (χ2n) is 24.2. The number of hydrogen-bond donors (Lipinski definition) is 3. The first-order valence-corrected chi connectivity index (χ1v) is 35.4. The number of allylic oxidation sites excluding steroid dienone is 7. The number of carbonyl (C=O) groups excluding carboxylic acids is 2. The van der Waals surface area contributed by atoms with Crippen molar-refractivity contribution in [2.45, 2.75) is 392 Å². The molecule has 0 aliphatic heterocycles. The van der Waals surface area contributed by atoms with Crippen LogP contribution in [0.1, 0.15) is 380 Å². The number of ether oxygens (including phenoxy) is 1. The van der Waals surface area contributed by atoms with Gasteiger partial charge in [0.05, 0.1) is 25.4 Å². The van der Waals surface area contributed by atoms with Crippen LogP contribution >= 0.6 is 0 Å². The van der Waals surface area contributed by atoms with Crippen molar-refractivity contribution < 1.29 is 24.5 Å². The molecule has 0 bridgehead atoms. The fourth-order valence-electron chi connectivity index (χ4n) is 10.9. The van der Waals surface area contributed by atoms with Gasteiger partial charge in [-0.05, 0) is 89.9 Å². The smallest absolute Gasteiger partial charge is 0.305 e. The molecule has 0 saturated heterocycles. The van der Waals surface area contributed by atoms with Crippen LogP contribution in [0, 0.1) is 0 Å². The van der Waals surface area contributed by atoms with Crippen molar-refractivity contribution in [2.24, 2.45) is 0 Å². The summed E-state index contributed by atoms with van der Waals surface area (Å²) in [5, 5.41) is 23.0. The summed E-state index contributed by atoms with van der Waals surface area (Å²) < 4.78 is 5.48. The Balaban J connectivity index is 3.34. The van der Waals surface area contributed by atoms with Crippen molar-refractivity contribution in [3.05, 3.63) is 48.6 Å². The lowest BCUT2D eigenvalue weighted by Gasteiger charge is -2.20. The quantitative estimate of drug-likeness (QED) is 0.0320. The summed E-state index contributed by atoms with van der Waals surface area (Å²) in [6.45, 7) is 4.88. The normalized spacial score (nSPS) is 12.8. The van der Waals surface area contributed by atoms with Gasteiger partial charge in [0.1, 0.15) is 0 Å². The van der Waals surface area contributed by atoms with E-state index in [4.69, 9.17) is 4.74 Å². The molecular formula is C73H137NO5. The van der Waals surface area contributed by atoms with Crippen LogP contribution in [0.15, 0.2) is 48.6 Å². The molecule has 0 aromatic heterocycles. The van der Waals surface area contributed by atoms with E-state index in [-0.39, 0.29) is 18.5 Å². The minimum atomic E-state index is -0.840. The Morgan fingerprint density at radius 2 is 0.633 bits per heavy atom. The van der Waals surface area contributed by atoms with Crippen molar-refractivity contribution in [1.29, 1.82) is 0 Å². The second-order valence-corrected chi connectivity index (χ2v) is 24.2. The van der Waals surface area contributed by atoms with Crippen LogP contribution in [0.25, 0.3) is 0 Å². The molecule has 0 heterocycles. The van der Waals surface area contributed by atoms with Gasteiger partial charge in [-0.1, -0.05) is 326 Å². The van der Waals surface area contributed by atoms with E-state index in [9.17, 15) is 19.8 Å². The molecule has 0 rings (SSSR count). The second kappa shape index (κ2) is 68.3. The predicted octanol–water partition coefficient (Wildman–Crippen LogP) is 22.9. The maximum atomic E-state index is 12.4. The summed E-state index contributed by atoms with van der Waals surface area (Å²) in [6.07, 6.45) is 89.3. The molecule has 0 radical (unpaired) electrons. The molecule has 2 unspecified atom stereocenters. The third-order valence-corrected chi connectivity index (χ3v) is 16.3. The van der Waals surface area contributed by atoms with Gasteiger partial charge in [0.2, 0.25) is 5.91 Å². The van der Waals surface area contributed by atoms with Crippen LogP contribution < -0.4 is 5.32 Å². The van der Waals surface area contributed by atoms with Gasteiger partial charge in [0.25, 0.3) is 0 Å². The van der Waals surface area contributed by atoms with Crippen LogP contribution in [-0.4, -0.2) is 47.4 Å². The van der Waals surface area contributed by atoms with Gasteiger partial charge in [-0.2, -0.15) is 0 Å². The first kappa shape index (κ1) is 76.8. The Hall–Kier alpha value is -2.18. The highest BCUT2D eigenvalue weighted by molar-refractivity contribution is 5.76. The minimum absolute atomic E-state index is 0.0108. The predicted molar refractivity (Wildman–Crippen MR) is 347 cm³/mol. The topological polar surface area (TPSA) is 95.9 Å². The summed E-state index contributed by atoms with van der Waals surface area (Å²) in [5.41, 5.74) is 0. The fourth-order valence-corrected chi connectivity index (χ4v) is 10.9. The number of unbranched alkanes of at least 4 members (excludes halogenated alkanes) is 49. The van der Waals surface area contributed by atoms with E-state index < -0.39 is 12.1 Å². The molecule has 0 fully saturated rings. The molecule has 0 aromatic carbocycles. The Morgan fingerprint density at radius 1 is 0.354 bits per heavy atom. The number of aliphatic hydroxyl groups excluding tert-OH is 2. The molecular weight excluding hydrogens is 971 g/mol. The van der Waals surface area contributed by atoms with Crippen molar-refractivity contribution in [2.75, 3.05) is 13.2 Å². The molecule has 0 aromatic rings. The van der Waals surface area contributed by atoms with Crippen LogP contribution in [-0.2, 0) is 14.3 Å². The molecule has 6 nitrogen and oxygen atoms in total. The van der Waals surface area contributed by atoms with E-state index in [0.717, 1.165) is 51.4 Å². The van der Waals surface area contributed by atoms with Crippen LogP contribution in [0.4, 0.5) is 0 Å². The van der Waals surface area contributed by atoms with Gasteiger partial charge in [-0.3, -0.25) is 9.59 Å². The van der Waals surface area contributed by atoms with E-state index >= 15 is 0 Å². The van der Waals surface area contributed by atoms with Gasteiger partial charge in [0, 0.05) is 12.8 Å². The Kier molecular flexibility index (Phi) is 66.4. The van der Waals surface area contributed by atoms with Crippen molar-refractivity contribution in [3.8, 4) is 0 Å². The summed E-state index contributed by atoms with van der Waals surface area (Å²) in [5.74, 6) is -0.0551. The number of carbonyl (C=O) groups is 2. The summed E-state index contributed by atoms with van der Waals surface area (Å²) in [4.78, 5) is 24.5. The highest BCUT2D eigenvalue weighted by atomic mass is 16.5. The number of esters is 1. The molecule has 2 atom stereocenters. The lowest BCUT2D eigenvalue weighted by molar-refractivity contribution is -0.143. The number of aliphatic hydroxyl groups is 2. The zero-order valence-electron chi connectivity index (χ0n) is 53.1. The van der Waals surface area contributed by atoms with Crippen molar-refractivity contribution in [3.63, 3.8) is 0 Å². The van der Waals surface area contributed by atoms with Crippen LogP contribution in [0.2, 0.25) is 0 Å². The summed E-state index contributed by atoms with van der Waals surface area (Å²) in [6, 6.07) is -0.624. The number of hydrogen-bond acceptors (Lipinski definition) is 5. The molecule has 0 aliphatic carbocycles. The molecule has 79 heavy (non-hydrogen) atoms. The van der Waals surface area contributed by atoms with E-state index in [0.29, 0.717) is 19.4 Å². The zero-order chi connectivity index (χ0) is 57.1. The fraction of sp³-hybridized carbons (Fsp3) is 0.863. The molecule has 6 heteroatoms. The third kappa shape index (κ3) is 64.8. The van der Waals surface area contributed by atoms with Gasteiger partial charge in [0.15, 0.2) is 0 Å². The van der Waals surface area contributed by atoms with Gasteiger partial charge in [-0.25, -0.2) is 0 Å².